The third kappa shape index (κ3) is 3.23. The lowest BCUT2D eigenvalue weighted by Gasteiger charge is -2.37. The monoisotopic (exact) mass is 564 g/mol. The Balaban J connectivity index is 1.22. The first-order valence-electron chi connectivity index (χ1n) is 13.5. The number of fused-ring (bicyclic) bond motifs is 7. The van der Waals surface area contributed by atoms with Gasteiger partial charge in [0.25, 0.3) is 0 Å². The zero-order valence-corrected chi connectivity index (χ0v) is 23.4. The molecule has 0 N–H and O–H groups in total. The van der Waals surface area contributed by atoms with E-state index in [9.17, 15) is 0 Å². The SMILES string of the molecule is S=P12c3ccccc3Oc3cccc(c31)Oc1ccc(-c3cccc(-c4cccc5c4oc4ccccc45)c3)cc12. The normalized spacial score (nSPS) is 16.4. The lowest BCUT2D eigenvalue weighted by Crippen LogP contribution is -2.34. The van der Waals surface area contributed by atoms with Gasteiger partial charge in [0.1, 0.15) is 34.2 Å². The Labute approximate surface area is 241 Å². The quantitative estimate of drug-likeness (QED) is 0.196. The average molecular weight is 565 g/mol. The molecule has 5 heteroatoms. The van der Waals surface area contributed by atoms with Gasteiger partial charge in [-0.05, 0) is 65.2 Å². The standard InChI is InChI=1S/C36H21O3PS/c41-40-33-17-4-3-14-29(33)37-31-15-7-16-32(36(31)40)38-30-19-18-23(21-34(30)40)22-8-5-9-24(20-22)25-11-6-12-27-26-10-1-2-13-28(26)39-35(25)27/h1-21H. The minimum Gasteiger partial charge on any atom is -0.456 e. The lowest BCUT2D eigenvalue weighted by atomic mass is 9.97. The van der Waals surface area contributed by atoms with E-state index in [1.807, 2.05) is 48.5 Å². The van der Waals surface area contributed by atoms with Crippen molar-refractivity contribution in [2.75, 3.05) is 0 Å². The minimum absolute atomic E-state index is 0.793. The molecule has 41 heavy (non-hydrogen) atoms. The van der Waals surface area contributed by atoms with Crippen LogP contribution in [-0.2, 0) is 11.8 Å². The van der Waals surface area contributed by atoms with Gasteiger partial charge >= 0.3 is 0 Å². The van der Waals surface area contributed by atoms with Crippen molar-refractivity contribution in [2.45, 2.75) is 0 Å². The number of ether oxygens (including phenoxy) is 2. The van der Waals surface area contributed by atoms with Crippen LogP contribution in [-0.4, -0.2) is 0 Å². The summed E-state index contributed by atoms with van der Waals surface area (Å²) < 4.78 is 19.1. The summed E-state index contributed by atoms with van der Waals surface area (Å²) in [5.74, 6) is 3.24. The Bertz CT molecular complexity index is 2250. The molecule has 0 radical (unpaired) electrons. The summed E-state index contributed by atoms with van der Waals surface area (Å²) in [5, 5.41) is 5.39. The van der Waals surface area contributed by atoms with Crippen molar-refractivity contribution in [2.24, 2.45) is 0 Å². The molecular weight excluding hydrogens is 543 g/mol. The summed E-state index contributed by atoms with van der Waals surface area (Å²) in [6.45, 7) is 0. The van der Waals surface area contributed by atoms with Crippen molar-refractivity contribution >= 4 is 55.7 Å². The first-order chi connectivity index (χ1) is 20.2. The van der Waals surface area contributed by atoms with Crippen molar-refractivity contribution < 1.29 is 13.9 Å². The van der Waals surface area contributed by atoms with Crippen molar-refractivity contribution in [3.8, 4) is 45.3 Å². The van der Waals surface area contributed by atoms with Gasteiger partial charge in [0.05, 0.1) is 11.3 Å². The van der Waals surface area contributed by atoms with Crippen LogP contribution in [0, 0.1) is 0 Å². The molecule has 1 atom stereocenters. The molecule has 2 aliphatic rings. The van der Waals surface area contributed by atoms with E-state index in [2.05, 4.69) is 78.9 Å². The van der Waals surface area contributed by atoms with Crippen LogP contribution in [0.15, 0.2) is 132 Å². The number of hydrogen-bond donors (Lipinski definition) is 0. The third-order valence-electron chi connectivity index (χ3n) is 8.13. The summed E-state index contributed by atoms with van der Waals surface area (Å²) in [6.07, 6.45) is 0. The predicted octanol–water partition coefficient (Wildman–Crippen LogP) is 8.89. The first-order valence-corrected chi connectivity index (χ1v) is 16.3. The number of para-hydroxylation sites is 3. The van der Waals surface area contributed by atoms with Crippen molar-refractivity contribution in [3.05, 3.63) is 127 Å². The summed E-state index contributed by atoms with van der Waals surface area (Å²) in [7, 11) is 0. The first kappa shape index (κ1) is 23.1. The van der Waals surface area contributed by atoms with Crippen LogP contribution in [0.1, 0.15) is 0 Å². The second-order valence-electron chi connectivity index (χ2n) is 10.4. The fourth-order valence-corrected chi connectivity index (χ4v) is 10.8. The van der Waals surface area contributed by atoms with Gasteiger partial charge in [-0.1, -0.05) is 90.7 Å². The van der Waals surface area contributed by atoms with E-state index in [0.29, 0.717) is 0 Å². The molecule has 0 spiro atoms. The van der Waals surface area contributed by atoms with Crippen molar-refractivity contribution in [3.63, 3.8) is 0 Å². The number of furan rings is 1. The summed E-state index contributed by atoms with van der Waals surface area (Å²) in [6, 6.07) is 41.4. The largest absolute Gasteiger partial charge is 0.456 e. The van der Waals surface area contributed by atoms with Crippen LogP contribution in [0.3, 0.4) is 0 Å². The molecule has 0 amide bonds. The van der Waals surface area contributed by atoms with E-state index in [0.717, 1.165) is 83.1 Å². The highest BCUT2D eigenvalue weighted by Crippen LogP contribution is 2.58. The number of hydrogen-bond acceptors (Lipinski definition) is 4. The zero-order chi connectivity index (χ0) is 27.1. The van der Waals surface area contributed by atoms with E-state index in [4.69, 9.17) is 25.7 Å². The number of benzene rings is 6. The van der Waals surface area contributed by atoms with Gasteiger partial charge in [-0.25, -0.2) is 0 Å². The maximum absolute atomic E-state index is 6.69. The molecule has 9 rings (SSSR count). The van der Waals surface area contributed by atoms with E-state index in [1.165, 1.54) is 0 Å². The Morgan fingerprint density at radius 1 is 0.488 bits per heavy atom. The van der Waals surface area contributed by atoms with Gasteiger partial charge in [0.2, 0.25) is 0 Å². The molecule has 1 aromatic heterocycles. The molecule has 194 valence electrons. The summed E-state index contributed by atoms with van der Waals surface area (Å²) in [5.41, 5.74) is 6.19. The molecule has 1 unspecified atom stereocenters. The highest BCUT2D eigenvalue weighted by atomic mass is 32.4. The Morgan fingerprint density at radius 2 is 1.15 bits per heavy atom. The average Bonchev–Trinajstić information content (AvgIpc) is 3.40. The summed E-state index contributed by atoms with van der Waals surface area (Å²) >= 11 is 6.69. The molecule has 0 aliphatic carbocycles. The molecule has 6 aromatic carbocycles. The van der Waals surface area contributed by atoms with Crippen LogP contribution in [0.4, 0.5) is 0 Å². The van der Waals surface area contributed by atoms with E-state index >= 15 is 0 Å². The second kappa shape index (κ2) is 8.44. The molecule has 3 heterocycles. The Morgan fingerprint density at radius 3 is 2.05 bits per heavy atom. The second-order valence-corrected chi connectivity index (χ2v) is 14.7. The molecular formula is C36H21O3PS. The van der Waals surface area contributed by atoms with Gasteiger partial charge in [0.15, 0.2) is 0 Å². The maximum atomic E-state index is 6.69. The number of rotatable bonds is 2. The van der Waals surface area contributed by atoms with Gasteiger partial charge < -0.3 is 13.9 Å². The van der Waals surface area contributed by atoms with Crippen LogP contribution < -0.4 is 25.4 Å². The molecule has 0 saturated carbocycles. The minimum atomic E-state index is -2.41. The molecule has 7 aromatic rings. The van der Waals surface area contributed by atoms with E-state index < -0.39 is 6.04 Å². The molecule has 3 nitrogen and oxygen atoms in total. The topological polar surface area (TPSA) is 31.6 Å². The zero-order valence-electron chi connectivity index (χ0n) is 21.7. The lowest BCUT2D eigenvalue weighted by molar-refractivity contribution is 0.466. The van der Waals surface area contributed by atoms with Crippen molar-refractivity contribution in [1.82, 2.24) is 0 Å². The fraction of sp³-hybridized carbons (Fsp3) is 0. The predicted molar refractivity (Wildman–Crippen MR) is 171 cm³/mol. The highest BCUT2D eigenvalue weighted by Gasteiger charge is 2.42. The van der Waals surface area contributed by atoms with Crippen molar-refractivity contribution in [1.29, 1.82) is 0 Å². The Hall–Kier alpha value is -4.63. The maximum Gasteiger partial charge on any atom is 0.143 e. The third-order valence-corrected chi connectivity index (χ3v) is 13.0. The molecule has 2 aliphatic heterocycles. The molecule has 0 saturated heterocycles. The van der Waals surface area contributed by atoms with E-state index in [-0.39, 0.29) is 0 Å². The van der Waals surface area contributed by atoms with Gasteiger partial charge in [-0.2, -0.15) is 0 Å². The van der Waals surface area contributed by atoms with Crippen LogP contribution in [0.2, 0.25) is 0 Å². The fourth-order valence-electron chi connectivity index (χ4n) is 6.26. The van der Waals surface area contributed by atoms with Crippen LogP contribution in [0.5, 0.6) is 23.0 Å². The van der Waals surface area contributed by atoms with Gasteiger partial charge in [-0.15, -0.1) is 0 Å². The van der Waals surface area contributed by atoms with E-state index in [1.54, 1.807) is 0 Å². The van der Waals surface area contributed by atoms with Crippen LogP contribution >= 0.6 is 6.04 Å². The van der Waals surface area contributed by atoms with Gasteiger partial charge in [0, 0.05) is 26.9 Å². The smallest absolute Gasteiger partial charge is 0.143 e. The highest BCUT2D eigenvalue weighted by molar-refractivity contribution is 8.26. The molecule has 0 bridgehead atoms. The molecule has 0 fully saturated rings. The van der Waals surface area contributed by atoms with Gasteiger partial charge in [-0.3, -0.25) is 0 Å². The summed E-state index contributed by atoms with van der Waals surface area (Å²) in [4.78, 5) is 0. The Kier molecular flexibility index (Phi) is 4.76. The van der Waals surface area contributed by atoms with Crippen LogP contribution in [0.25, 0.3) is 44.2 Å².